The quantitative estimate of drug-likeness (QED) is 0.677. The summed E-state index contributed by atoms with van der Waals surface area (Å²) >= 11 is 0. The van der Waals surface area contributed by atoms with Gasteiger partial charge in [-0.3, -0.25) is 10.1 Å². The Kier molecular flexibility index (Phi) is 3.94. The van der Waals surface area contributed by atoms with Crippen LogP contribution in [0, 0.1) is 10.1 Å². The van der Waals surface area contributed by atoms with Crippen LogP contribution in [0.4, 0.5) is 20.2 Å². The standard InChI is InChI=1S/C12H15F2N3O2/c13-12(14)10-7-9(17(18)19)1-2-11(10)16-5-3-8(15)4-6-16/h1-2,7-8,12H,3-6,15H2. The second-order valence-corrected chi connectivity index (χ2v) is 4.63. The van der Waals surface area contributed by atoms with Gasteiger partial charge in [0.25, 0.3) is 12.1 Å². The Hall–Kier alpha value is -1.76. The number of halogens is 2. The molecule has 0 amide bonds. The van der Waals surface area contributed by atoms with Gasteiger partial charge in [0.15, 0.2) is 0 Å². The van der Waals surface area contributed by atoms with Gasteiger partial charge in [0, 0.05) is 42.5 Å². The fourth-order valence-electron chi connectivity index (χ4n) is 2.26. The number of anilines is 1. The van der Waals surface area contributed by atoms with E-state index in [1.807, 2.05) is 4.90 Å². The smallest absolute Gasteiger partial charge is 0.270 e. The summed E-state index contributed by atoms with van der Waals surface area (Å²) in [6.07, 6.45) is -1.26. The molecule has 0 spiro atoms. The zero-order valence-electron chi connectivity index (χ0n) is 10.3. The van der Waals surface area contributed by atoms with Crippen molar-refractivity contribution in [2.75, 3.05) is 18.0 Å². The van der Waals surface area contributed by atoms with Gasteiger partial charge in [-0.05, 0) is 18.9 Å². The van der Waals surface area contributed by atoms with Gasteiger partial charge < -0.3 is 10.6 Å². The monoisotopic (exact) mass is 271 g/mol. The van der Waals surface area contributed by atoms with Gasteiger partial charge in [-0.1, -0.05) is 0 Å². The van der Waals surface area contributed by atoms with Crippen molar-refractivity contribution >= 4 is 11.4 Å². The first-order chi connectivity index (χ1) is 8.99. The SMILES string of the molecule is NC1CCN(c2ccc([N+](=O)[O-])cc2C(F)F)CC1. The molecule has 19 heavy (non-hydrogen) atoms. The van der Waals surface area contributed by atoms with Crippen molar-refractivity contribution in [3.63, 3.8) is 0 Å². The lowest BCUT2D eigenvalue weighted by Gasteiger charge is -2.33. The third-order valence-corrected chi connectivity index (χ3v) is 3.34. The minimum atomic E-state index is -2.73. The van der Waals surface area contributed by atoms with Crippen LogP contribution in [0.5, 0.6) is 0 Å². The number of benzene rings is 1. The Balaban J connectivity index is 2.31. The maximum atomic E-state index is 13.0. The van der Waals surface area contributed by atoms with Gasteiger partial charge in [-0.2, -0.15) is 0 Å². The number of hydrogen-bond acceptors (Lipinski definition) is 4. The van der Waals surface area contributed by atoms with Crippen LogP contribution in [0.1, 0.15) is 24.8 Å². The molecule has 0 bridgehead atoms. The predicted octanol–water partition coefficient (Wildman–Crippen LogP) is 2.46. The first kappa shape index (κ1) is 13.7. The summed E-state index contributed by atoms with van der Waals surface area (Å²) in [4.78, 5) is 11.8. The van der Waals surface area contributed by atoms with Crippen molar-refractivity contribution in [1.29, 1.82) is 0 Å². The number of alkyl halides is 2. The molecule has 1 saturated heterocycles. The second kappa shape index (κ2) is 5.48. The Morgan fingerprint density at radius 3 is 2.53 bits per heavy atom. The zero-order chi connectivity index (χ0) is 14.0. The minimum Gasteiger partial charge on any atom is -0.371 e. The average molecular weight is 271 g/mol. The molecule has 1 fully saturated rings. The van der Waals surface area contributed by atoms with Crippen molar-refractivity contribution in [3.8, 4) is 0 Å². The van der Waals surface area contributed by atoms with Crippen LogP contribution in [-0.4, -0.2) is 24.1 Å². The Labute approximate surface area is 109 Å². The maximum Gasteiger partial charge on any atom is 0.270 e. The summed E-state index contributed by atoms with van der Waals surface area (Å²) in [6, 6.07) is 3.71. The molecule has 0 unspecified atom stereocenters. The number of nitrogens with two attached hydrogens (primary N) is 1. The highest BCUT2D eigenvalue weighted by atomic mass is 19.3. The largest absolute Gasteiger partial charge is 0.371 e. The van der Waals surface area contributed by atoms with Gasteiger partial charge in [0.05, 0.1) is 4.92 Å². The average Bonchev–Trinajstić information content (AvgIpc) is 2.38. The Bertz CT molecular complexity index is 474. The number of rotatable bonds is 3. The van der Waals surface area contributed by atoms with Crippen molar-refractivity contribution in [2.24, 2.45) is 5.73 Å². The highest BCUT2D eigenvalue weighted by Gasteiger charge is 2.24. The van der Waals surface area contributed by atoms with Crippen molar-refractivity contribution in [3.05, 3.63) is 33.9 Å². The van der Waals surface area contributed by atoms with Crippen LogP contribution in [0.3, 0.4) is 0 Å². The highest BCUT2D eigenvalue weighted by Crippen LogP contribution is 2.34. The van der Waals surface area contributed by atoms with E-state index >= 15 is 0 Å². The van der Waals surface area contributed by atoms with Crippen molar-refractivity contribution in [2.45, 2.75) is 25.3 Å². The van der Waals surface area contributed by atoms with E-state index in [1.165, 1.54) is 12.1 Å². The molecule has 2 rings (SSSR count). The first-order valence-electron chi connectivity index (χ1n) is 6.06. The number of nitrogens with zero attached hydrogens (tertiary/aromatic N) is 2. The number of nitro benzene ring substituents is 1. The minimum absolute atomic E-state index is 0.101. The third kappa shape index (κ3) is 2.98. The van der Waals surface area contributed by atoms with Gasteiger partial charge in [0.1, 0.15) is 0 Å². The van der Waals surface area contributed by atoms with Crippen LogP contribution in [0.25, 0.3) is 0 Å². The molecular weight excluding hydrogens is 256 g/mol. The van der Waals surface area contributed by atoms with Crippen LogP contribution in [0.15, 0.2) is 18.2 Å². The van der Waals surface area contributed by atoms with Crippen molar-refractivity contribution in [1.82, 2.24) is 0 Å². The molecule has 7 heteroatoms. The third-order valence-electron chi connectivity index (χ3n) is 3.34. The molecule has 1 aromatic carbocycles. The molecule has 1 aromatic rings. The molecule has 104 valence electrons. The lowest BCUT2D eigenvalue weighted by atomic mass is 10.0. The van der Waals surface area contributed by atoms with E-state index in [0.717, 1.165) is 18.9 Å². The topological polar surface area (TPSA) is 72.4 Å². The summed E-state index contributed by atoms with van der Waals surface area (Å²) in [5, 5.41) is 10.6. The number of non-ortho nitro benzene ring substituents is 1. The maximum absolute atomic E-state index is 13.0. The predicted molar refractivity (Wildman–Crippen MR) is 67.5 cm³/mol. The van der Waals surface area contributed by atoms with Crippen molar-refractivity contribution < 1.29 is 13.7 Å². The Morgan fingerprint density at radius 2 is 2.00 bits per heavy atom. The molecule has 1 heterocycles. The van der Waals surface area contributed by atoms with E-state index in [2.05, 4.69) is 0 Å². The molecule has 1 aliphatic heterocycles. The molecule has 0 radical (unpaired) electrons. The first-order valence-corrected chi connectivity index (χ1v) is 6.06. The summed E-state index contributed by atoms with van der Waals surface area (Å²) in [7, 11) is 0. The molecule has 2 N–H and O–H groups in total. The lowest BCUT2D eigenvalue weighted by Crippen LogP contribution is -2.40. The van der Waals surface area contributed by atoms with Gasteiger partial charge in [0.2, 0.25) is 0 Å². The molecular formula is C12H15F2N3O2. The highest BCUT2D eigenvalue weighted by molar-refractivity contribution is 5.58. The summed E-state index contributed by atoms with van der Waals surface area (Å²) in [5.74, 6) is 0. The zero-order valence-corrected chi connectivity index (χ0v) is 10.3. The summed E-state index contributed by atoms with van der Waals surface area (Å²) < 4.78 is 26.1. The molecule has 0 aromatic heterocycles. The van der Waals surface area contributed by atoms with E-state index in [1.54, 1.807) is 0 Å². The second-order valence-electron chi connectivity index (χ2n) is 4.63. The van der Waals surface area contributed by atoms with Crippen LogP contribution in [-0.2, 0) is 0 Å². The number of nitro groups is 1. The Morgan fingerprint density at radius 1 is 1.37 bits per heavy atom. The van der Waals surface area contributed by atoms with E-state index < -0.39 is 11.3 Å². The summed E-state index contributed by atoms with van der Waals surface area (Å²) in [5.41, 5.74) is 5.54. The normalized spacial score (nSPS) is 16.9. The van der Waals surface area contributed by atoms with E-state index in [-0.39, 0.29) is 17.3 Å². The van der Waals surface area contributed by atoms with Gasteiger partial charge in [-0.15, -0.1) is 0 Å². The molecule has 0 atom stereocenters. The number of hydrogen-bond donors (Lipinski definition) is 1. The van der Waals surface area contributed by atoms with Gasteiger partial charge >= 0.3 is 0 Å². The molecule has 0 saturated carbocycles. The van der Waals surface area contributed by atoms with Gasteiger partial charge in [-0.25, -0.2) is 8.78 Å². The summed E-state index contributed by atoms with van der Waals surface area (Å²) in [6.45, 7) is 1.19. The number of piperidine rings is 1. The molecule has 5 nitrogen and oxygen atoms in total. The van der Waals surface area contributed by atoms with E-state index in [9.17, 15) is 18.9 Å². The van der Waals surface area contributed by atoms with Crippen LogP contribution >= 0.6 is 0 Å². The van der Waals surface area contributed by atoms with Crippen LogP contribution < -0.4 is 10.6 Å². The van der Waals surface area contributed by atoms with Crippen LogP contribution in [0.2, 0.25) is 0 Å². The van der Waals surface area contributed by atoms with E-state index in [0.29, 0.717) is 18.8 Å². The lowest BCUT2D eigenvalue weighted by molar-refractivity contribution is -0.385. The fraction of sp³-hybridized carbons (Fsp3) is 0.500. The molecule has 1 aliphatic rings. The fourth-order valence-corrected chi connectivity index (χ4v) is 2.26. The van der Waals surface area contributed by atoms with E-state index in [4.69, 9.17) is 5.73 Å². The molecule has 0 aliphatic carbocycles.